The summed E-state index contributed by atoms with van der Waals surface area (Å²) in [5, 5.41) is 9.07. The minimum absolute atomic E-state index is 0.0996. The van der Waals surface area contributed by atoms with Crippen LogP contribution in [0.2, 0.25) is 0 Å². The number of nitrogens with zero attached hydrogens (tertiary/aromatic N) is 1. The fourth-order valence-corrected chi connectivity index (χ4v) is 1.40. The van der Waals surface area contributed by atoms with Gasteiger partial charge in [0.25, 0.3) is 0 Å². The number of imidazole rings is 1. The lowest BCUT2D eigenvalue weighted by atomic mass is 10.1. The van der Waals surface area contributed by atoms with Crippen molar-refractivity contribution in [3.05, 3.63) is 11.0 Å². The lowest BCUT2D eigenvalue weighted by Crippen LogP contribution is -2.38. The van der Waals surface area contributed by atoms with Crippen LogP contribution in [-0.4, -0.2) is 26.8 Å². The van der Waals surface area contributed by atoms with Gasteiger partial charge in [-0.15, -0.1) is 4.73 Å². The molecule has 0 aliphatic heterocycles. The predicted octanol–water partition coefficient (Wildman–Crippen LogP) is 0.580. The van der Waals surface area contributed by atoms with E-state index in [4.69, 9.17) is 27.9 Å². The van der Waals surface area contributed by atoms with Gasteiger partial charge in [-0.25, -0.2) is 4.79 Å². The van der Waals surface area contributed by atoms with Crippen LogP contribution < -0.4 is 10.6 Å². The van der Waals surface area contributed by atoms with Crippen LogP contribution in [-0.2, 0) is 4.79 Å². The molecule has 0 bridgehead atoms. The van der Waals surface area contributed by atoms with Gasteiger partial charge in [-0.2, -0.15) is 0 Å². The van der Waals surface area contributed by atoms with Crippen molar-refractivity contribution >= 4 is 18.2 Å². The van der Waals surface area contributed by atoms with Crippen LogP contribution >= 0.6 is 12.2 Å². The van der Waals surface area contributed by atoms with E-state index in [1.165, 1.54) is 6.20 Å². The highest BCUT2D eigenvalue weighted by atomic mass is 32.1. The third-order valence-corrected chi connectivity index (χ3v) is 2.17. The number of carbonyl (C=O) groups excluding carboxylic acids is 1. The summed E-state index contributed by atoms with van der Waals surface area (Å²) in [4.78, 5) is 18.8. The molecule has 6 nitrogen and oxygen atoms in total. The Bertz CT molecular complexity index is 424. The summed E-state index contributed by atoms with van der Waals surface area (Å²) in [6.07, 6.45) is 1.70. The van der Waals surface area contributed by atoms with Crippen molar-refractivity contribution in [3.63, 3.8) is 0 Å². The number of aromatic amines is 1. The lowest BCUT2D eigenvalue weighted by Gasteiger charge is -2.12. The molecule has 0 fully saturated rings. The van der Waals surface area contributed by atoms with E-state index in [-0.39, 0.29) is 10.7 Å². The number of hydrogen-bond donors (Lipinski definition) is 3. The minimum Gasteiger partial charge on any atom is -0.493 e. The van der Waals surface area contributed by atoms with Gasteiger partial charge in [0.1, 0.15) is 12.2 Å². The summed E-state index contributed by atoms with van der Waals surface area (Å²) in [5.74, 6) is -0.450. The molecule has 1 rings (SSSR count). The maximum Gasteiger partial charge on any atom is 0.349 e. The predicted molar refractivity (Wildman–Crippen MR) is 60.3 cm³/mol. The standard InChI is InChI=1S/C9H15N3O3S/c1-5(2)3-6(10)8(14)15-12-4-7(13)11-9(12)16/h4-6,13H,3,10H2,1-2H3,(H,11,16)/t6-/m0/s1. The first kappa shape index (κ1) is 12.7. The lowest BCUT2D eigenvalue weighted by molar-refractivity contribution is -0.146. The number of H-pyrrole nitrogens is 1. The van der Waals surface area contributed by atoms with Crippen LogP contribution in [0.1, 0.15) is 20.3 Å². The number of aromatic hydroxyl groups is 1. The van der Waals surface area contributed by atoms with E-state index >= 15 is 0 Å². The van der Waals surface area contributed by atoms with Crippen molar-refractivity contribution in [3.8, 4) is 5.88 Å². The second-order valence-electron chi connectivity index (χ2n) is 3.92. The molecule has 0 unspecified atom stereocenters. The number of aromatic nitrogens is 2. The molecule has 0 amide bonds. The summed E-state index contributed by atoms with van der Waals surface area (Å²) < 4.78 is 1.08. The van der Waals surface area contributed by atoms with E-state index in [2.05, 4.69) is 4.98 Å². The van der Waals surface area contributed by atoms with Crippen molar-refractivity contribution in [2.45, 2.75) is 26.3 Å². The molecule has 4 N–H and O–H groups in total. The summed E-state index contributed by atoms with van der Waals surface area (Å²) >= 11 is 4.79. The zero-order valence-electron chi connectivity index (χ0n) is 9.14. The molecule has 0 spiro atoms. The third-order valence-electron chi connectivity index (χ3n) is 1.89. The monoisotopic (exact) mass is 245 g/mol. The molecule has 0 saturated carbocycles. The third kappa shape index (κ3) is 3.35. The first-order valence-corrected chi connectivity index (χ1v) is 5.29. The SMILES string of the molecule is CC(C)C[C@H](N)C(=O)On1cc(O)[nH]c1=S. The van der Waals surface area contributed by atoms with Crippen LogP contribution in [0.4, 0.5) is 0 Å². The van der Waals surface area contributed by atoms with E-state index in [1.54, 1.807) is 0 Å². The fourth-order valence-electron chi connectivity index (χ4n) is 1.20. The highest BCUT2D eigenvalue weighted by Crippen LogP contribution is 2.06. The van der Waals surface area contributed by atoms with Gasteiger partial charge in [-0.05, 0) is 24.6 Å². The molecule has 1 heterocycles. The minimum atomic E-state index is -0.695. The van der Waals surface area contributed by atoms with Crippen LogP contribution in [0.5, 0.6) is 5.88 Å². The summed E-state index contributed by atoms with van der Waals surface area (Å²) in [6, 6.07) is -0.695. The molecule has 0 aliphatic rings. The topological polar surface area (TPSA) is 93.3 Å². The highest BCUT2D eigenvalue weighted by Gasteiger charge is 2.18. The van der Waals surface area contributed by atoms with E-state index < -0.39 is 12.0 Å². The molecule has 1 atom stereocenters. The van der Waals surface area contributed by atoms with E-state index in [1.807, 2.05) is 13.8 Å². The number of nitrogens with one attached hydrogen (secondary N) is 1. The Morgan fingerprint density at radius 2 is 2.38 bits per heavy atom. The van der Waals surface area contributed by atoms with E-state index in [9.17, 15) is 4.79 Å². The second-order valence-corrected chi connectivity index (χ2v) is 4.30. The highest BCUT2D eigenvalue weighted by molar-refractivity contribution is 7.71. The average molecular weight is 245 g/mol. The van der Waals surface area contributed by atoms with Crippen LogP contribution in [0, 0.1) is 10.7 Å². The quantitative estimate of drug-likeness (QED) is 0.675. The fraction of sp³-hybridized carbons (Fsp3) is 0.556. The van der Waals surface area contributed by atoms with Gasteiger partial charge in [0.2, 0.25) is 10.7 Å². The average Bonchev–Trinajstić information content (AvgIpc) is 2.43. The first-order chi connectivity index (χ1) is 7.40. The first-order valence-electron chi connectivity index (χ1n) is 4.88. The second kappa shape index (κ2) is 5.13. The number of nitrogens with two attached hydrogens (primary N) is 1. The molecule has 1 aromatic heterocycles. The normalized spacial score (nSPS) is 12.8. The van der Waals surface area contributed by atoms with Gasteiger partial charge >= 0.3 is 5.97 Å². The van der Waals surface area contributed by atoms with Crippen molar-refractivity contribution in [1.29, 1.82) is 0 Å². The largest absolute Gasteiger partial charge is 0.493 e. The van der Waals surface area contributed by atoms with Gasteiger partial charge < -0.3 is 15.7 Å². The zero-order chi connectivity index (χ0) is 12.3. The van der Waals surface area contributed by atoms with E-state index in [0.29, 0.717) is 12.3 Å². The van der Waals surface area contributed by atoms with Gasteiger partial charge in [-0.1, -0.05) is 13.8 Å². The molecule has 1 aromatic rings. The Morgan fingerprint density at radius 3 is 2.81 bits per heavy atom. The van der Waals surface area contributed by atoms with Crippen molar-refractivity contribution in [1.82, 2.24) is 9.71 Å². The zero-order valence-corrected chi connectivity index (χ0v) is 9.95. The Kier molecular flexibility index (Phi) is 4.08. The van der Waals surface area contributed by atoms with Crippen molar-refractivity contribution in [2.75, 3.05) is 0 Å². The molecule has 0 radical (unpaired) electrons. The summed E-state index contributed by atoms with van der Waals surface area (Å²) in [5.41, 5.74) is 5.63. The van der Waals surface area contributed by atoms with Gasteiger partial charge in [0.15, 0.2) is 0 Å². The number of hydrogen-bond acceptors (Lipinski definition) is 5. The maximum absolute atomic E-state index is 11.5. The van der Waals surface area contributed by atoms with Gasteiger partial charge in [-0.3, -0.25) is 4.98 Å². The Morgan fingerprint density at radius 1 is 1.75 bits per heavy atom. The van der Waals surface area contributed by atoms with Crippen molar-refractivity contribution in [2.24, 2.45) is 11.7 Å². The molecule has 0 saturated heterocycles. The molecule has 16 heavy (non-hydrogen) atoms. The maximum atomic E-state index is 11.5. The summed E-state index contributed by atoms with van der Waals surface area (Å²) in [7, 11) is 0. The van der Waals surface area contributed by atoms with Crippen LogP contribution in [0.25, 0.3) is 0 Å². The van der Waals surface area contributed by atoms with Crippen LogP contribution in [0.15, 0.2) is 6.20 Å². The Labute approximate surface area is 98.0 Å². The Balaban J connectivity index is 2.64. The number of carbonyl (C=O) groups is 1. The molecular weight excluding hydrogens is 230 g/mol. The molecule has 7 heteroatoms. The van der Waals surface area contributed by atoms with E-state index in [0.717, 1.165) is 4.73 Å². The smallest absolute Gasteiger partial charge is 0.349 e. The molecule has 0 aliphatic carbocycles. The van der Waals surface area contributed by atoms with Gasteiger partial charge in [0.05, 0.1) is 0 Å². The molecule has 0 aromatic carbocycles. The van der Waals surface area contributed by atoms with Gasteiger partial charge in [0, 0.05) is 0 Å². The summed E-state index contributed by atoms with van der Waals surface area (Å²) in [6.45, 7) is 3.92. The van der Waals surface area contributed by atoms with Crippen LogP contribution in [0.3, 0.4) is 0 Å². The molecule has 90 valence electrons. The number of rotatable bonds is 4. The molecular formula is C9H15N3O3S. The van der Waals surface area contributed by atoms with Crippen molar-refractivity contribution < 1.29 is 14.7 Å². The Hall–Kier alpha value is -1.34.